The Morgan fingerprint density at radius 3 is 2.63 bits per heavy atom. The fourth-order valence-electron chi connectivity index (χ4n) is 3.20. The first-order valence-electron chi connectivity index (χ1n) is 10.4. The maximum absolute atomic E-state index is 12.4. The second-order valence-electron chi connectivity index (χ2n) is 7.29. The summed E-state index contributed by atoms with van der Waals surface area (Å²) in [5, 5.41) is 6.05. The van der Waals surface area contributed by atoms with Crippen molar-refractivity contribution < 1.29 is 18.7 Å². The first-order valence-corrected chi connectivity index (χ1v) is 12.3. The highest BCUT2D eigenvalue weighted by Gasteiger charge is 2.14. The van der Waals surface area contributed by atoms with Crippen LogP contribution in [0, 0.1) is 0 Å². The van der Waals surface area contributed by atoms with Crippen molar-refractivity contribution in [3.05, 3.63) is 91.0 Å². The second kappa shape index (κ2) is 11.4. The minimum Gasteiger partial charge on any atom is -0.490 e. The van der Waals surface area contributed by atoms with Crippen molar-refractivity contribution in [2.24, 2.45) is 5.10 Å². The number of nitrogens with zero attached hydrogens (tertiary/aromatic N) is 1. The number of carbonyl (C=O) groups is 1. The quantitative estimate of drug-likeness (QED) is 0.166. The van der Waals surface area contributed by atoms with Crippen molar-refractivity contribution in [2.45, 2.75) is 13.5 Å². The van der Waals surface area contributed by atoms with Gasteiger partial charge in [0.05, 0.1) is 27.9 Å². The summed E-state index contributed by atoms with van der Waals surface area (Å²) in [5.41, 5.74) is 4.48. The first-order chi connectivity index (χ1) is 16.8. The smallest absolute Gasteiger partial charge is 0.307 e. The minimum atomic E-state index is -0.480. The molecule has 0 bridgehead atoms. The molecule has 180 valence electrons. The fourth-order valence-corrected chi connectivity index (χ4v) is 4.17. The predicted molar refractivity (Wildman–Crippen MR) is 142 cm³/mol. The normalized spacial score (nSPS) is 11.2. The van der Waals surface area contributed by atoms with Crippen molar-refractivity contribution >= 4 is 73.8 Å². The maximum Gasteiger partial charge on any atom is 0.307 e. The van der Waals surface area contributed by atoms with Gasteiger partial charge in [0, 0.05) is 9.86 Å². The average molecular weight is 597 g/mol. The van der Waals surface area contributed by atoms with Gasteiger partial charge in [0.15, 0.2) is 17.3 Å². The second-order valence-corrected chi connectivity index (χ2v) is 9.43. The number of rotatable bonds is 8. The van der Waals surface area contributed by atoms with Crippen LogP contribution in [0.2, 0.25) is 15.1 Å². The van der Waals surface area contributed by atoms with Crippen LogP contribution in [-0.4, -0.2) is 18.7 Å². The zero-order valence-electron chi connectivity index (χ0n) is 18.3. The summed E-state index contributed by atoms with van der Waals surface area (Å²) in [6, 6.07) is 15.7. The summed E-state index contributed by atoms with van der Waals surface area (Å²) in [7, 11) is 0. The molecule has 1 heterocycles. The van der Waals surface area contributed by atoms with Crippen molar-refractivity contribution in [3.8, 4) is 11.5 Å². The van der Waals surface area contributed by atoms with Gasteiger partial charge in [-0.3, -0.25) is 4.79 Å². The molecular formula is C25H18BrCl3N2O4. The third-order valence-corrected chi connectivity index (χ3v) is 6.29. The molecule has 0 aliphatic rings. The summed E-state index contributed by atoms with van der Waals surface area (Å²) in [4.78, 5) is 12.4. The molecule has 0 fully saturated rings. The molecule has 6 nitrogen and oxygen atoms in total. The van der Waals surface area contributed by atoms with E-state index in [1.165, 1.54) is 6.21 Å². The van der Waals surface area contributed by atoms with Crippen LogP contribution in [0.15, 0.2) is 68.6 Å². The highest BCUT2D eigenvalue weighted by atomic mass is 79.9. The summed E-state index contributed by atoms with van der Waals surface area (Å²) in [6.07, 6.45) is 1.45. The van der Waals surface area contributed by atoms with E-state index in [1.54, 1.807) is 36.4 Å². The molecule has 1 amide bonds. The molecule has 0 aliphatic heterocycles. The lowest BCUT2D eigenvalue weighted by Gasteiger charge is -2.14. The Morgan fingerprint density at radius 2 is 1.86 bits per heavy atom. The van der Waals surface area contributed by atoms with Crippen LogP contribution >= 0.6 is 50.7 Å². The van der Waals surface area contributed by atoms with Gasteiger partial charge in [-0.1, -0.05) is 56.8 Å². The number of furan rings is 1. The Morgan fingerprint density at radius 1 is 1.03 bits per heavy atom. The molecule has 35 heavy (non-hydrogen) atoms. The van der Waals surface area contributed by atoms with Crippen molar-refractivity contribution in [2.75, 3.05) is 6.61 Å². The molecule has 0 atom stereocenters. The third kappa shape index (κ3) is 6.30. The van der Waals surface area contributed by atoms with E-state index >= 15 is 0 Å². The fraction of sp³-hybridized carbons (Fsp3) is 0.120. The molecule has 0 saturated carbocycles. The van der Waals surface area contributed by atoms with Gasteiger partial charge in [0.25, 0.3) is 0 Å². The molecule has 0 unspecified atom stereocenters. The van der Waals surface area contributed by atoms with Gasteiger partial charge in [-0.25, -0.2) is 5.43 Å². The lowest BCUT2D eigenvalue weighted by Crippen LogP contribution is -2.16. The van der Waals surface area contributed by atoms with E-state index in [0.29, 0.717) is 44.3 Å². The lowest BCUT2D eigenvalue weighted by atomic mass is 10.2. The van der Waals surface area contributed by atoms with E-state index in [0.717, 1.165) is 15.4 Å². The number of nitrogens with one attached hydrogen (secondary N) is 1. The van der Waals surface area contributed by atoms with Crippen molar-refractivity contribution in [3.63, 3.8) is 0 Å². The molecule has 1 N–H and O–H groups in total. The number of carbonyl (C=O) groups excluding carboxylic acids is 1. The average Bonchev–Trinajstić information content (AvgIpc) is 3.24. The molecule has 10 heteroatoms. The van der Waals surface area contributed by atoms with Crippen LogP contribution < -0.4 is 14.9 Å². The first kappa shape index (κ1) is 25.4. The van der Waals surface area contributed by atoms with Crippen LogP contribution in [0.1, 0.15) is 28.6 Å². The van der Waals surface area contributed by atoms with Gasteiger partial charge < -0.3 is 13.9 Å². The molecule has 0 saturated heterocycles. The van der Waals surface area contributed by atoms with Crippen LogP contribution in [0.5, 0.6) is 11.5 Å². The Bertz CT molecular complexity index is 1420. The third-order valence-electron chi connectivity index (χ3n) is 4.78. The zero-order chi connectivity index (χ0) is 24.9. The van der Waals surface area contributed by atoms with Crippen LogP contribution in [-0.2, 0) is 6.61 Å². The van der Waals surface area contributed by atoms with E-state index in [2.05, 4.69) is 26.5 Å². The zero-order valence-corrected chi connectivity index (χ0v) is 22.1. The maximum atomic E-state index is 12.4. The number of ether oxygens (including phenoxy) is 2. The van der Waals surface area contributed by atoms with Gasteiger partial charge in [-0.15, -0.1) is 0 Å². The standard InChI is InChI=1S/C25H18BrCl3N2O4/c1-2-33-22-9-15(8-20(29)24(22)34-13-14-3-5-18(27)19(28)7-14)12-30-31-25(32)23-11-16-10-17(26)4-6-21(16)35-23/h3-12H,2,13H2,1H3,(H,31,32)/b30-12+. The Labute approximate surface area is 224 Å². The number of hydrogen-bond acceptors (Lipinski definition) is 5. The number of benzene rings is 3. The summed E-state index contributed by atoms with van der Waals surface area (Å²) in [5.74, 6) is 0.491. The van der Waals surface area contributed by atoms with Gasteiger partial charge in [0.1, 0.15) is 12.2 Å². The van der Waals surface area contributed by atoms with E-state index in [-0.39, 0.29) is 12.4 Å². The number of hydrogen-bond donors (Lipinski definition) is 1. The molecule has 4 aromatic rings. The van der Waals surface area contributed by atoms with Crippen molar-refractivity contribution in [1.82, 2.24) is 5.43 Å². The lowest BCUT2D eigenvalue weighted by molar-refractivity contribution is 0.0929. The SMILES string of the molecule is CCOc1cc(/C=N/NC(=O)c2cc3cc(Br)ccc3o2)cc(Cl)c1OCc1ccc(Cl)c(Cl)c1. The van der Waals surface area contributed by atoms with Gasteiger partial charge >= 0.3 is 5.91 Å². The van der Waals surface area contributed by atoms with Gasteiger partial charge in [0.2, 0.25) is 0 Å². The molecular weight excluding hydrogens is 579 g/mol. The monoisotopic (exact) mass is 594 g/mol. The van der Waals surface area contributed by atoms with Crippen LogP contribution in [0.3, 0.4) is 0 Å². The Balaban J connectivity index is 1.46. The number of hydrazone groups is 1. The van der Waals surface area contributed by atoms with E-state index in [1.807, 2.05) is 25.1 Å². The predicted octanol–water partition coefficient (Wildman–Crippen LogP) is 7.90. The molecule has 0 radical (unpaired) electrons. The van der Waals surface area contributed by atoms with E-state index in [4.69, 9.17) is 48.7 Å². The molecule has 3 aromatic carbocycles. The van der Waals surface area contributed by atoms with Gasteiger partial charge in [-0.05, 0) is 66.6 Å². The van der Waals surface area contributed by atoms with E-state index < -0.39 is 5.91 Å². The summed E-state index contributed by atoms with van der Waals surface area (Å²) >= 11 is 21.9. The van der Waals surface area contributed by atoms with Crippen LogP contribution in [0.4, 0.5) is 0 Å². The highest BCUT2D eigenvalue weighted by Crippen LogP contribution is 2.37. The number of fused-ring (bicyclic) bond motifs is 1. The number of halogens is 4. The molecule has 0 aliphatic carbocycles. The van der Waals surface area contributed by atoms with Crippen LogP contribution in [0.25, 0.3) is 11.0 Å². The highest BCUT2D eigenvalue weighted by molar-refractivity contribution is 9.10. The number of amides is 1. The van der Waals surface area contributed by atoms with E-state index in [9.17, 15) is 4.79 Å². The summed E-state index contributed by atoms with van der Waals surface area (Å²) in [6.45, 7) is 2.47. The molecule has 4 rings (SSSR count). The van der Waals surface area contributed by atoms with Gasteiger partial charge in [-0.2, -0.15) is 5.10 Å². The minimum absolute atomic E-state index is 0.148. The summed E-state index contributed by atoms with van der Waals surface area (Å²) < 4.78 is 18.1. The largest absolute Gasteiger partial charge is 0.490 e. The molecule has 0 spiro atoms. The Hall–Kier alpha value is -2.71. The molecule has 1 aromatic heterocycles. The van der Waals surface area contributed by atoms with Crippen molar-refractivity contribution in [1.29, 1.82) is 0 Å². The topological polar surface area (TPSA) is 73.1 Å². The Kier molecular flexibility index (Phi) is 8.23.